The molecule has 36 heavy (non-hydrogen) atoms. The van der Waals surface area contributed by atoms with Gasteiger partial charge in [-0.1, -0.05) is 127 Å². The molecule has 166 valence electrons. The molecule has 0 saturated heterocycles. The van der Waals surface area contributed by atoms with Crippen LogP contribution in [-0.2, 0) is 0 Å². The molecule has 0 spiro atoms. The van der Waals surface area contributed by atoms with E-state index in [-0.39, 0.29) is 0 Å². The van der Waals surface area contributed by atoms with Crippen molar-refractivity contribution in [2.24, 2.45) is 0 Å². The zero-order valence-electron chi connectivity index (χ0n) is 19.7. The van der Waals surface area contributed by atoms with Crippen molar-refractivity contribution in [2.45, 2.75) is 0 Å². The summed E-state index contributed by atoms with van der Waals surface area (Å²) < 4.78 is 0. The third kappa shape index (κ3) is 2.76. The van der Waals surface area contributed by atoms with Crippen LogP contribution in [0.15, 0.2) is 133 Å². The molecule has 0 unspecified atom stereocenters. The number of fused-ring (bicyclic) bond motifs is 2. The topological polar surface area (TPSA) is 0 Å². The zero-order chi connectivity index (χ0) is 23.6. The van der Waals surface area contributed by atoms with Gasteiger partial charge in [0.2, 0.25) is 0 Å². The Morgan fingerprint density at radius 3 is 1.64 bits per heavy atom. The predicted octanol–water partition coefficient (Wildman–Crippen LogP) is 10.2. The molecule has 0 N–H and O–H groups in total. The Morgan fingerprint density at radius 1 is 0.278 bits per heavy atom. The fourth-order valence-electron chi connectivity index (χ4n) is 6.11. The van der Waals surface area contributed by atoms with Crippen LogP contribution in [0.1, 0.15) is 0 Å². The van der Waals surface area contributed by atoms with Crippen LogP contribution in [-0.4, -0.2) is 0 Å². The average molecular weight is 455 g/mol. The lowest BCUT2D eigenvalue weighted by atomic mass is 9.87. The van der Waals surface area contributed by atoms with Crippen LogP contribution < -0.4 is 0 Å². The fourth-order valence-corrected chi connectivity index (χ4v) is 6.11. The lowest BCUT2D eigenvalue weighted by Gasteiger charge is -2.17. The monoisotopic (exact) mass is 454 g/mol. The van der Waals surface area contributed by atoms with Crippen LogP contribution in [0.25, 0.3) is 76.1 Å². The van der Waals surface area contributed by atoms with Crippen LogP contribution in [0, 0.1) is 0 Å². The fraction of sp³-hybridized carbons (Fsp3) is 0. The molecular weight excluding hydrogens is 432 g/mol. The SMILES string of the molecule is c1ccc2cc(-c3ccc(-c4ccc5ccc6cccc7ccc4c5c67)c4ccccc34)ccc2c1. The van der Waals surface area contributed by atoms with Gasteiger partial charge in [-0.2, -0.15) is 0 Å². The summed E-state index contributed by atoms with van der Waals surface area (Å²) in [6, 6.07) is 49.1. The van der Waals surface area contributed by atoms with E-state index in [0.717, 1.165) is 0 Å². The Bertz CT molecular complexity index is 2080. The van der Waals surface area contributed by atoms with Gasteiger partial charge in [-0.25, -0.2) is 0 Å². The van der Waals surface area contributed by atoms with Crippen molar-refractivity contribution < 1.29 is 0 Å². The molecule has 0 nitrogen and oxygen atoms in total. The molecule has 0 fully saturated rings. The van der Waals surface area contributed by atoms with Gasteiger partial charge in [-0.3, -0.25) is 0 Å². The molecule has 0 heteroatoms. The van der Waals surface area contributed by atoms with Gasteiger partial charge in [0.05, 0.1) is 0 Å². The second-order valence-electron chi connectivity index (χ2n) is 9.74. The Kier molecular flexibility index (Phi) is 4.03. The van der Waals surface area contributed by atoms with Gasteiger partial charge in [-0.15, -0.1) is 0 Å². The number of hydrogen-bond acceptors (Lipinski definition) is 0. The molecule has 0 atom stereocenters. The van der Waals surface area contributed by atoms with Crippen molar-refractivity contribution in [2.75, 3.05) is 0 Å². The highest BCUT2D eigenvalue weighted by molar-refractivity contribution is 6.26. The van der Waals surface area contributed by atoms with E-state index in [4.69, 9.17) is 0 Å². The predicted molar refractivity (Wildman–Crippen MR) is 156 cm³/mol. The summed E-state index contributed by atoms with van der Waals surface area (Å²) in [6.45, 7) is 0. The Morgan fingerprint density at radius 2 is 0.806 bits per heavy atom. The van der Waals surface area contributed by atoms with Crippen molar-refractivity contribution >= 4 is 53.9 Å². The molecule has 0 aliphatic rings. The smallest absolute Gasteiger partial charge is 0.00206 e. The molecule has 0 radical (unpaired) electrons. The minimum Gasteiger partial charge on any atom is -0.0616 e. The molecule has 8 rings (SSSR count). The van der Waals surface area contributed by atoms with Crippen LogP contribution in [0.4, 0.5) is 0 Å². The van der Waals surface area contributed by atoms with Crippen LogP contribution in [0.3, 0.4) is 0 Å². The van der Waals surface area contributed by atoms with Crippen molar-refractivity contribution in [1.82, 2.24) is 0 Å². The minimum absolute atomic E-state index is 1.26. The summed E-state index contributed by atoms with van der Waals surface area (Å²) >= 11 is 0. The molecule has 0 amide bonds. The largest absolute Gasteiger partial charge is 0.0616 e. The maximum absolute atomic E-state index is 2.32. The first-order valence-electron chi connectivity index (χ1n) is 12.5. The van der Waals surface area contributed by atoms with Gasteiger partial charge < -0.3 is 0 Å². The first kappa shape index (κ1) is 19.6. The average Bonchev–Trinajstić information content (AvgIpc) is 2.95. The van der Waals surface area contributed by atoms with E-state index >= 15 is 0 Å². The summed E-state index contributed by atoms with van der Waals surface area (Å²) in [7, 11) is 0. The van der Waals surface area contributed by atoms with Crippen molar-refractivity contribution in [3.05, 3.63) is 133 Å². The molecule has 0 aliphatic heterocycles. The van der Waals surface area contributed by atoms with E-state index in [1.165, 1.54) is 76.1 Å². The third-order valence-electron chi connectivity index (χ3n) is 7.80. The molecule has 8 aromatic rings. The van der Waals surface area contributed by atoms with Gasteiger partial charge in [0.1, 0.15) is 0 Å². The summed E-state index contributed by atoms with van der Waals surface area (Å²) in [4.78, 5) is 0. The summed E-state index contributed by atoms with van der Waals surface area (Å²) in [5.41, 5.74) is 5.11. The quantitative estimate of drug-likeness (QED) is 0.228. The molecule has 8 aromatic carbocycles. The van der Waals surface area contributed by atoms with Gasteiger partial charge in [-0.05, 0) is 82.2 Å². The zero-order valence-corrected chi connectivity index (χ0v) is 19.7. The summed E-state index contributed by atoms with van der Waals surface area (Å²) in [5, 5.41) is 13.1. The maximum Gasteiger partial charge on any atom is -0.00206 e. The molecular formula is C36H22. The standard InChI is InChI=1S/C36H22/c1-2-7-27-22-28(15-12-23(27)6-1)29-20-21-32(31-11-4-3-10-30(29)31)33-18-16-26-14-13-24-8-5-9-25-17-19-34(33)36(26)35(24)25/h1-22H. The first-order valence-corrected chi connectivity index (χ1v) is 12.5. The highest BCUT2D eigenvalue weighted by atomic mass is 14.2. The molecule has 0 aliphatic carbocycles. The van der Waals surface area contributed by atoms with Crippen LogP contribution in [0.2, 0.25) is 0 Å². The third-order valence-corrected chi connectivity index (χ3v) is 7.80. The van der Waals surface area contributed by atoms with Crippen LogP contribution >= 0.6 is 0 Å². The van der Waals surface area contributed by atoms with Crippen molar-refractivity contribution in [1.29, 1.82) is 0 Å². The lowest BCUT2D eigenvalue weighted by Crippen LogP contribution is -1.89. The highest BCUT2D eigenvalue weighted by Crippen LogP contribution is 2.42. The van der Waals surface area contributed by atoms with E-state index in [1.54, 1.807) is 0 Å². The van der Waals surface area contributed by atoms with E-state index in [9.17, 15) is 0 Å². The summed E-state index contributed by atoms with van der Waals surface area (Å²) in [5.74, 6) is 0. The van der Waals surface area contributed by atoms with Gasteiger partial charge >= 0.3 is 0 Å². The Balaban J connectivity index is 1.41. The number of benzene rings is 8. The second kappa shape index (κ2) is 7.41. The molecule has 0 saturated carbocycles. The number of hydrogen-bond donors (Lipinski definition) is 0. The van der Waals surface area contributed by atoms with Crippen molar-refractivity contribution in [3.8, 4) is 22.3 Å². The van der Waals surface area contributed by atoms with E-state index < -0.39 is 0 Å². The van der Waals surface area contributed by atoms with Gasteiger partial charge in [0, 0.05) is 0 Å². The van der Waals surface area contributed by atoms with E-state index in [0.29, 0.717) is 0 Å². The number of rotatable bonds is 2. The summed E-state index contributed by atoms with van der Waals surface area (Å²) in [6.07, 6.45) is 0. The Labute approximate surface area is 209 Å². The van der Waals surface area contributed by atoms with E-state index in [1.807, 2.05) is 0 Å². The molecule has 0 bridgehead atoms. The van der Waals surface area contributed by atoms with Crippen LogP contribution in [0.5, 0.6) is 0 Å². The maximum atomic E-state index is 2.32. The second-order valence-corrected chi connectivity index (χ2v) is 9.74. The van der Waals surface area contributed by atoms with E-state index in [2.05, 4.69) is 133 Å². The van der Waals surface area contributed by atoms with Crippen molar-refractivity contribution in [3.63, 3.8) is 0 Å². The minimum atomic E-state index is 1.26. The first-order chi connectivity index (χ1) is 17.8. The Hall–Kier alpha value is -4.68. The lowest BCUT2D eigenvalue weighted by molar-refractivity contribution is 1.66. The molecule has 0 heterocycles. The highest BCUT2D eigenvalue weighted by Gasteiger charge is 2.15. The van der Waals surface area contributed by atoms with Gasteiger partial charge in [0.25, 0.3) is 0 Å². The molecule has 0 aromatic heterocycles. The van der Waals surface area contributed by atoms with Gasteiger partial charge in [0.15, 0.2) is 0 Å². The normalized spacial score (nSPS) is 11.9.